The minimum Gasteiger partial charge on any atom is -0.344 e. The molecule has 0 aromatic heterocycles. The van der Waals surface area contributed by atoms with E-state index < -0.39 is 5.79 Å². The zero-order chi connectivity index (χ0) is 8.06. The Labute approximate surface area is 65.7 Å². The smallest absolute Gasteiger partial charge is 0.164 e. The lowest BCUT2D eigenvalue weighted by Gasteiger charge is -2.17. The normalized spacial score (nSPS) is 41.1. The van der Waals surface area contributed by atoms with Gasteiger partial charge in [-0.3, -0.25) is 4.79 Å². The summed E-state index contributed by atoms with van der Waals surface area (Å²) in [5.74, 6) is -0.355. The fourth-order valence-electron chi connectivity index (χ4n) is 1.75. The van der Waals surface area contributed by atoms with Crippen LogP contribution in [0.3, 0.4) is 0 Å². The Morgan fingerprint density at radius 3 is 2.82 bits per heavy atom. The third-order valence-corrected chi connectivity index (χ3v) is 2.18. The molecular formula is C8H12O3. The van der Waals surface area contributed by atoms with Gasteiger partial charge in [0.05, 0.1) is 6.10 Å². The van der Waals surface area contributed by atoms with Crippen LogP contribution in [0.2, 0.25) is 0 Å². The van der Waals surface area contributed by atoms with Crippen molar-refractivity contribution in [3.05, 3.63) is 0 Å². The fourth-order valence-corrected chi connectivity index (χ4v) is 1.75. The Morgan fingerprint density at radius 2 is 2.18 bits per heavy atom. The summed E-state index contributed by atoms with van der Waals surface area (Å²) in [7, 11) is 0. The second kappa shape index (κ2) is 2.05. The summed E-state index contributed by atoms with van der Waals surface area (Å²) in [5, 5.41) is 0. The summed E-state index contributed by atoms with van der Waals surface area (Å²) >= 11 is 0. The predicted octanol–water partition coefficient (Wildman–Crippen LogP) is 0.869. The van der Waals surface area contributed by atoms with Crippen molar-refractivity contribution in [3.63, 3.8) is 0 Å². The van der Waals surface area contributed by atoms with E-state index in [4.69, 9.17) is 9.47 Å². The van der Waals surface area contributed by atoms with Crippen LogP contribution in [0.4, 0.5) is 0 Å². The molecule has 3 nitrogen and oxygen atoms in total. The maximum atomic E-state index is 11.1. The van der Waals surface area contributed by atoms with Crippen molar-refractivity contribution < 1.29 is 14.3 Å². The van der Waals surface area contributed by atoms with Gasteiger partial charge in [-0.2, -0.15) is 0 Å². The van der Waals surface area contributed by atoms with Gasteiger partial charge in [0, 0.05) is 6.42 Å². The molecule has 11 heavy (non-hydrogen) atoms. The molecule has 2 fully saturated rings. The molecule has 0 spiro atoms. The van der Waals surface area contributed by atoms with E-state index >= 15 is 0 Å². The molecule has 62 valence electrons. The van der Waals surface area contributed by atoms with Crippen molar-refractivity contribution in [3.8, 4) is 0 Å². The van der Waals surface area contributed by atoms with E-state index in [9.17, 15) is 4.79 Å². The molecule has 3 heteroatoms. The third kappa shape index (κ3) is 1.08. The van der Waals surface area contributed by atoms with Crippen molar-refractivity contribution in [2.75, 3.05) is 0 Å². The first-order chi connectivity index (χ1) is 5.08. The Hall–Kier alpha value is -0.410. The Bertz CT molecular complexity index is 198. The minimum atomic E-state index is -0.550. The van der Waals surface area contributed by atoms with Gasteiger partial charge >= 0.3 is 0 Å². The highest BCUT2D eigenvalue weighted by Crippen LogP contribution is 2.35. The van der Waals surface area contributed by atoms with Crippen LogP contribution in [0.15, 0.2) is 0 Å². The Kier molecular flexibility index (Phi) is 1.35. The van der Waals surface area contributed by atoms with Crippen LogP contribution >= 0.6 is 0 Å². The van der Waals surface area contributed by atoms with Crippen LogP contribution < -0.4 is 0 Å². The Balaban J connectivity index is 2.16. The molecule has 2 atom stereocenters. The van der Waals surface area contributed by atoms with Gasteiger partial charge in [0.2, 0.25) is 0 Å². The highest BCUT2D eigenvalue weighted by atomic mass is 16.8. The van der Waals surface area contributed by atoms with Gasteiger partial charge < -0.3 is 9.47 Å². The summed E-state index contributed by atoms with van der Waals surface area (Å²) < 4.78 is 10.9. The molecule has 0 aromatic rings. The van der Waals surface area contributed by atoms with Gasteiger partial charge in [-0.15, -0.1) is 0 Å². The molecule has 2 rings (SSSR count). The standard InChI is InChI=1S/C8H12O3/c1-8(2)10-6-4-3-5(9)7(6)11-8/h6-7H,3-4H2,1-2H3/t6-,7+/m0/s1. The van der Waals surface area contributed by atoms with Crippen LogP contribution in [-0.4, -0.2) is 23.8 Å². The number of rotatable bonds is 0. The molecule has 1 aliphatic carbocycles. The van der Waals surface area contributed by atoms with E-state index in [-0.39, 0.29) is 18.0 Å². The van der Waals surface area contributed by atoms with E-state index in [0.717, 1.165) is 6.42 Å². The molecule has 0 amide bonds. The first kappa shape index (κ1) is 7.25. The van der Waals surface area contributed by atoms with E-state index in [2.05, 4.69) is 0 Å². The van der Waals surface area contributed by atoms with Crippen LogP contribution in [0.5, 0.6) is 0 Å². The summed E-state index contributed by atoms with van der Waals surface area (Å²) in [4.78, 5) is 11.1. The maximum Gasteiger partial charge on any atom is 0.164 e. The van der Waals surface area contributed by atoms with Gasteiger partial charge in [-0.25, -0.2) is 0 Å². The SMILES string of the molecule is CC1(C)O[C@H]2CCC(=O)[C@H]2O1. The van der Waals surface area contributed by atoms with Crippen LogP contribution in [0.1, 0.15) is 26.7 Å². The lowest BCUT2D eigenvalue weighted by Crippen LogP contribution is -2.24. The predicted molar refractivity (Wildman–Crippen MR) is 38.1 cm³/mol. The average molecular weight is 156 g/mol. The van der Waals surface area contributed by atoms with E-state index in [0.29, 0.717) is 6.42 Å². The fraction of sp³-hybridized carbons (Fsp3) is 0.875. The number of ketones is 1. The van der Waals surface area contributed by atoms with Gasteiger partial charge in [0.25, 0.3) is 0 Å². The van der Waals surface area contributed by atoms with Gasteiger partial charge in [0.15, 0.2) is 11.6 Å². The molecule has 0 unspecified atom stereocenters. The average Bonchev–Trinajstić information content (AvgIpc) is 2.31. The number of hydrogen-bond donors (Lipinski definition) is 0. The summed E-state index contributed by atoms with van der Waals surface area (Å²) in [6.45, 7) is 3.69. The van der Waals surface area contributed by atoms with Crippen LogP contribution in [0.25, 0.3) is 0 Å². The minimum absolute atomic E-state index is 0.0255. The molecule has 2 aliphatic rings. The van der Waals surface area contributed by atoms with Gasteiger partial charge in [0.1, 0.15) is 6.10 Å². The molecule has 1 saturated heterocycles. The molecule has 1 aliphatic heterocycles. The summed E-state index contributed by atoms with van der Waals surface area (Å²) in [6.07, 6.45) is 1.20. The summed E-state index contributed by atoms with van der Waals surface area (Å²) in [5.41, 5.74) is 0. The van der Waals surface area contributed by atoms with E-state index in [1.165, 1.54) is 0 Å². The molecular weight excluding hydrogens is 144 g/mol. The van der Waals surface area contributed by atoms with Crippen molar-refractivity contribution in [1.82, 2.24) is 0 Å². The number of Topliss-reactive ketones (excluding diaryl/α,β-unsaturated/α-hetero) is 1. The molecule has 0 N–H and O–H groups in total. The quantitative estimate of drug-likeness (QED) is 0.522. The number of carbonyl (C=O) groups is 1. The first-order valence-electron chi connectivity index (χ1n) is 3.97. The monoisotopic (exact) mass is 156 g/mol. The topological polar surface area (TPSA) is 35.5 Å². The van der Waals surface area contributed by atoms with Crippen molar-refractivity contribution in [1.29, 1.82) is 0 Å². The molecule has 1 saturated carbocycles. The number of ether oxygens (including phenoxy) is 2. The third-order valence-electron chi connectivity index (χ3n) is 2.18. The number of hydrogen-bond acceptors (Lipinski definition) is 3. The van der Waals surface area contributed by atoms with Crippen molar-refractivity contribution in [2.45, 2.75) is 44.7 Å². The molecule has 0 bridgehead atoms. The van der Waals surface area contributed by atoms with Gasteiger partial charge in [-0.05, 0) is 20.3 Å². The zero-order valence-corrected chi connectivity index (χ0v) is 6.79. The first-order valence-corrected chi connectivity index (χ1v) is 3.97. The molecule has 0 radical (unpaired) electrons. The van der Waals surface area contributed by atoms with E-state index in [1.54, 1.807) is 0 Å². The second-order valence-electron chi connectivity index (χ2n) is 3.60. The summed E-state index contributed by atoms with van der Waals surface area (Å²) in [6, 6.07) is 0. The molecule has 1 heterocycles. The zero-order valence-electron chi connectivity index (χ0n) is 6.79. The second-order valence-corrected chi connectivity index (χ2v) is 3.60. The lowest BCUT2D eigenvalue weighted by atomic mass is 10.3. The van der Waals surface area contributed by atoms with Crippen molar-refractivity contribution in [2.24, 2.45) is 0 Å². The largest absolute Gasteiger partial charge is 0.344 e. The number of carbonyl (C=O) groups excluding carboxylic acids is 1. The highest BCUT2D eigenvalue weighted by Gasteiger charge is 2.48. The van der Waals surface area contributed by atoms with Crippen LogP contribution in [0, 0.1) is 0 Å². The molecule has 0 aromatic carbocycles. The highest BCUT2D eigenvalue weighted by molar-refractivity contribution is 5.86. The van der Waals surface area contributed by atoms with Crippen molar-refractivity contribution >= 4 is 5.78 Å². The van der Waals surface area contributed by atoms with E-state index in [1.807, 2.05) is 13.8 Å². The lowest BCUT2D eigenvalue weighted by molar-refractivity contribution is -0.159. The number of fused-ring (bicyclic) bond motifs is 1. The van der Waals surface area contributed by atoms with Crippen LogP contribution in [-0.2, 0) is 14.3 Å². The maximum absolute atomic E-state index is 11.1. The van der Waals surface area contributed by atoms with Gasteiger partial charge in [-0.1, -0.05) is 0 Å². The Morgan fingerprint density at radius 1 is 1.45 bits per heavy atom.